The molecule has 3 N–H and O–H groups in total. The smallest absolute Gasteiger partial charge is 0.325 e. The van der Waals surface area contributed by atoms with Crippen LogP contribution in [0.1, 0.15) is 10.4 Å². The van der Waals surface area contributed by atoms with Crippen molar-refractivity contribution in [1.82, 2.24) is 9.97 Å². The predicted octanol–water partition coefficient (Wildman–Crippen LogP) is 0.333. The van der Waals surface area contributed by atoms with Crippen molar-refractivity contribution >= 4 is 11.6 Å². The molecule has 8 heteroatoms. The molecule has 0 aliphatic heterocycles. The van der Waals surface area contributed by atoms with E-state index in [-0.39, 0.29) is 11.3 Å². The number of ether oxygens (including phenoxy) is 2. The molecule has 1 aromatic heterocycles. The Bertz CT molecular complexity index is 756. The van der Waals surface area contributed by atoms with Crippen molar-refractivity contribution in [3.05, 3.63) is 50.8 Å². The molecule has 21 heavy (non-hydrogen) atoms. The van der Waals surface area contributed by atoms with E-state index in [0.29, 0.717) is 11.5 Å². The highest BCUT2D eigenvalue weighted by Gasteiger charge is 2.12. The second-order valence-corrected chi connectivity index (χ2v) is 4.04. The van der Waals surface area contributed by atoms with Gasteiger partial charge in [0.05, 0.1) is 14.2 Å². The summed E-state index contributed by atoms with van der Waals surface area (Å²) < 4.78 is 10.1. The monoisotopic (exact) mass is 291 g/mol. The Morgan fingerprint density at radius 3 is 2.24 bits per heavy atom. The number of rotatable bonds is 4. The molecule has 2 aromatic rings. The van der Waals surface area contributed by atoms with E-state index in [2.05, 4.69) is 10.3 Å². The zero-order chi connectivity index (χ0) is 15.4. The van der Waals surface area contributed by atoms with E-state index in [9.17, 15) is 14.4 Å². The molecule has 0 spiro atoms. The lowest BCUT2D eigenvalue weighted by molar-refractivity contribution is 0.102. The van der Waals surface area contributed by atoms with E-state index in [4.69, 9.17) is 9.47 Å². The van der Waals surface area contributed by atoms with E-state index in [1.54, 1.807) is 6.07 Å². The first kappa shape index (κ1) is 14.4. The molecule has 1 heterocycles. The van der Waals surface area contributed by atoms with Crippen molar-refractivity contribution in [1.29, 1.82) is 0 Å². The molecule has 0 bridgehead atoms. The van der Waals surface area contributed by atoms with Crippen molar-refractivity contribution in [2.24, 2.45) is 0 Å². The van der Waals surface area contributed by atoms with Gasteiger partial charge >= 0.3 is 5.69 Å². The summed E-state index contributed by atoms with van der Waals surface area (Å²) in [5.74, 6) is 0.342. The van der Waals surface area contributed by atoms with Crippen LogP contribution in [-0.2, 0) is 0 Å². The van der Waals surface area contributed by atoms with Crippen molar-refractivity contribution in [3.8, 4) is 11.5 Å². The second kappa shape index (κ2) is 5.95. The summed E-state index contributed by atoms with van der Waals surface area (Å²) in [7, 11) is 2.92. The second-order valence-electron chi connectivity index (χ2n) is 4.04. The van der Waals surface area contributed by atoms with Gasteiger partial charge in [-0.05, 0) is 12.1 Å². The van der Waals surface area contributed by atoms with Gasteiger partial charge in [-0.25, -0.2) is 4.79 Å². The summed E-state index contributed by atoms with van der Waals surface area (Å²) in [5, 5.41) is 2.39. The molecule has 0 aliphatic carbocycles. The van der Waals surface area contributed by atoms with Crippen LogP contribution in [0, 0.1) is 0 Å². The number of methoxy groups -OCH3 is 2. The van der Waals surface area contributed by atoms with Crippen LogP contribution in [0.3, 0.4) is 0 Å². The lowest BCUT2D eigenvalue weighted by Crippen LogP contribution is -2.26. The van der Waals surface area contributed by atoms with Crippen molar-refractivity contribution < 1.29 is 14.3 Å². The molecule has 0 unspecified atom stereocenters. The Morgan fingerprint density at radius 2 is 1.71 bits per heavy atom. The van der Waals surface area contributed by atoms with Crippen molar-refractivity contribution in [2.45, 2.75) is 0 Å². The van der Waals surface area contributed by atoms with E-state index in [1.807, 2.05) is 4.98 Å². The number of anilines is 1. The number of hydrogen-bond donors (Lipinski definition) is 3. The Morgan fingerprint density at radius 1 is 1.10 bits per heavy atom. The van der Waals surface area contributed by atoms with Gasteiger partial charge in [-0.3, -0.25) is 14.6 Å². The molecule has 110 valence electrons. The van der Waals surface area contributed by atoms with Gasteiger partial charge in [-0.2, -0.15) is 0 Å². The first-order chi connectivity index (χ1) is 10.0. The van der Waals surface area contributed by atoms with Gasteiger partial charge in [0.25, 0.3) is 11.5 Å². The number of carbonyl (C=O) groups excluding carboxylic acids is 1. The van der Waals surface area contributed by atoms with Crippen LogP contribution in [0.25, 0.3) is 0 Å². The van der Waals surface area contributed by atoms with Crippen LogP contribution in [0.5, 0.6) is 11.5 Å². The van der Waals surface area contributed by atoms with E-state index in [1.165, 1.54) is 26.4 Å². The number of aromatic amines is 2. The average Bonchev–Trinajstić information content (AvgIpc) is 2.49. The fourth-order valence-electron chi connectivity index (χ4n) is 1.64. The van der Waals surface area contributed by atoms with Gasteiger partial charge in [0.15, 0.2) is 0 Å². The highest BCUT2D eigenvalue weighted by Crippen LogP contribution is 2.22. The molecule has 2 rings (SSSR count). The zero-order valence-corrected chi connectivity index (χ0v) is 11.4. The minimum Gasteiger partial charge on any atom is -0.497 e. The highest BCUT2D eigenvalue weighted by molar-refractivity contribution is 6.04. The molecule has 0 aliphatic rings. The Balaban J connectivity index is 2.31. The van der Waals surface area contributed by atoms with Gasteiger partial charge in [0.2, 0.25) is 0 Å². The van der Waals surface area contributed by atoms with Gasteiger partial charge in [-0.1, -0.05) is 0 Å². The maximum atomic E-state index is 12.1. The molecule has 8 nitrogen and oxygen atoms in total. The maximum Gasteiger partial charge on any atom is 0.325 e. The summed E-state index contributed by atoms with van der Waals surface area (Å²) >= 11 is 0. The Kier molecular flexibility index (Phi) is 4.07. The quantitative estimate of drug-likeness (QED) is 0.751. The van der Waals surface area contributed by atoms with Gasteiger partial charge in [0.1, 0.15) is 17.2 Å². The molecule has 0 radical (unpaired) electrons. The van der Waals surface area contributed by atoms with Crippen LogP contribution in [0.15, 0.2) is 34.0 Å². The van der Waals surface area contributed by atoms with E-state index >= 15 is 0 Å². The first-order valence-electron chi connectivity index (χ1n) is 5.90. The van der Waals surface area contributed by atoms with E-state index in [0.717, 1.165) is 6.20 Å². The van der Waals surface area contributed by atoms with Gasteiger partial charge < -0.3 is 19.8 Å². The zero-order valence-electron chi connectivity index (χ0n) is 11.4. The average molecular weight is 291 g/mol. The minimum absolute atomic E-state index is 0.0682. The summed E-state index contributed by atoms with van der Waals surface area (Å²) in [6, 6.07) is 4.61. The SMILES string of the molecule is COc1cc(OC)cc(C(=O)Nc2c[nH]c(=O)[nH]c2=O)c1. The number of H-pyrrole nitrogens is 2. The van der Waals surface area contributed by atoms with Crippen LogP contribution in [0.4, 0.5) is 5.69 Å². The number of amides is 1. The fourth-order valence-corrected chi connectivity index (χ4v) is 1.64. The molecular formula is C13H13N3O5. The lowest BCUT2D eigenvalue weighted by atomic mass is 10.2. The fraction of sp³-hybridized carbons (Fsp3) is 0.154. The third-order valence-corrected chi connectivity index (χ3v) is 2.68. The Hall–Kier alpha value is -3.03. The summed E-state index contributed by atoms with van der Waals surface area (Å²) in [6.45, 7) is 0. The van der Waals surface area contributed by atoms with Crippen LogP contribution < -0.4 is 26.0 Å². The normalized spacial score (nSPS) is 10.0. The molecule has 1 aromatic carbocycles. The largest absolute Gasteiger partial charge is 0.497 e. The molecule has 0 atom stereocenters. The van der Waals surface area contributed by atoms with E-state index < -0.39 is 17.2 Å². The first-order valence-corrected chi connectivity index (χ1v) is 5.90. The molecule has 0 saturated heterocycles. The molecule has 0 saturated carbocycles. The molecule has 1 amide bonds. The van der Waals surface area contributed by atoms with Crippen molar-refractivity contribution in [3.63, 3.8) is 0 Å². The topological polar surface area (TPSA) is 113 Å². The minimum atomic E-state index is -0.693. The third kappa shape index (κ3) is 3.30. The molecule has 0 fully saturated rings. The van der Waals surface area contributed by atoms with Crippen LogP contribution in [0.2, 0.25) is 0 Å². The Labute approximate surface area is 118 Å². The summed E-state index contributed by atoms with van der Waals surface area (Å²) in [6.07, 6.45) is 1.12. The van der Waals surface area contributed by atoms with Gasteiger partial charge in [-0.15, -0.1) is 0 Å². The van der Waals surface area contributed by atoms with Crippen molar-refractivity contribution in [2.75, 3.05) is 19.5 Å². The third-order valence-electron chi connectivity index (χ3n) is 2.68. The molecular weight excluding hydrogens is 278 g/mol. The van der Waals surface area contributed by atoms with Gasteiger partial charge in [0, 0.05) is 17.8 Å². The number of nitrogens with one attached hydrogen (secondary N) is 3. The highest BCUT2D eigenvalue weighted by atomic mass is 16.5. The number of benzene rings is 1. The van der Waals surface area contributed by atoms with Crippen LogP contribution >= 0.6 is 0 Å². The maximum absolute atomic E-state index is 12.1. The lowest BCUT2D eigenvalue weighted by Gasteiger charge is -2.08. The number of aromatic nitrogens is 2. The van der Waals surface area contributed by atoms with Crippen LogP contribution in [-0.4, -0.2) is 30.1 Å². The summed E-state index contributed by atoms with van der Waals surface area (Å²) in [4.78, 5) is 38.8. The number of hydrogen-bond acceptors (Lipinski definition) is 5. The summed E-state index contributed by atoms with van der Waals surface area (Å²) in [5.41, 5.74) is -1.17. The predicted molar refractivity (Wildman–Crippen MR) is 75.2 cm³/mol. The standard InChI is InChI=1S/C13H13N3O5/c1-20-8-3-7(4-9(5-8)21-2)11(17)15-10-6-14-13(19)16-12(10)18/h3-6H,1-2H3,(H,15,17)(H2,14,16,18,19). The number of carbonyl (C=O) groups is 1.